The summed E-state index contributed by atoms with van der Waals surface area (Å²) in [5, 5.41) is 0. The van der Waals surface area contributed by atoms with E-state index in [0.717, 1.165) is 4.31 Å². The zero-order chi connectivity index (χ0) is 16.7. The molecule has 122 valence electrons. The third-order valence-electron chi connectivity index (χ3n) is 3.76. The second kappa shape index (κ2) is 5.94. The Balaban J connectivity index is 2.51. The molecule has 1 fully saturated rings. The van der Waals surface area contributed by atoms with Crippen LogP contribution in [-0.4, -0.2) is 43.9 Å². The fourth-order valence-electron chi connectivity index (χ4n) is 2.63. The van der Waals surface area contributed by atoms with Gasteiger partial charge in [-0.3, -0.25) is 4.79 Å². The first kappa shape index (κ1) is 16.9. The fraction of sp³-hybridized carbons (Fsp3) is 0.500. The predicted molar refractivity (Wildman–Crippen MR) is 78.2 cm³/mol. The number of hydrogen-bond donors (Lipinski definition) is 1. The number of halogens is 1. The number of rotatable bonds is 3. The van der Waals surface area contributed by atoms with Gasteiger partial charge in [0.1, 0.15) is 11.9 Å². The van der Waals surface area contributed by atoms with Gasteiger partial charge in [-0.1, -0.05) is 0 Å². The molecule has 1 aromatic rings. The summed E-state index contributed by atoms with van der Waals surface area (Å²) >= 11 is 0. The van der Waals surface area contributed by atoms with E-state index >= 15 is 0 Å². The van der Waals surface area contributed by atoms with Crippen LogP contribution in [0.15, 0.2) is 17.0 Å². The molecular formula is C14H19FN2O4S. The van der Waals surface area contributed by atoms with E-state index in [-0.39, 0.29) is 29.2 Å². The van der Waals surface area contributed by atoms with Crippen LogP contribution in [0, 0.1) is 19.7 Å². The van der Waals surface area contributed by atoms with Gasteiger partial charge in [0.15, 0.2) is 0 Å². The topological polar surface area (TPSA) is 89.7 Å². The van der Waals surface area contributed by atoms with E-state index in [1.807, 2.05) is 0 Å². The Labute approximate surface area is 129 Å². The van der Waals surface area contributed by atoms with E-state index in [4.69, 9.17) is 10.5 Å². The standard InChI is InChI=1S/C14H19FN2O4S/c1-8-6-11(7-9(2)12(8)15)22(19,20)17-4-5-21-10(3)13(17)14(16)18/h6-7,10,13H,4-5H2,1-3H3,(H2,16,18)/t10-,13+/m1/s1. The van der Waals surface area contributed by atoms with Crippen LogP contribution in [0.25, 0.3) is 0 Å². The minimum absolute atomic E-state index is 0.0236. The van der Waals surface area contributed by atoms with Gasteiger partial charge in [-0.2, -0.15) is 4.31 Å². The van der Waals surface area contributed by atoms with E-state index < -0.39 is 33.9 Å². The molecule has 0 spiro atoms. The molecule has 1 aliphatic rings. The van der Waals surface area contributed by atoms with Crippen LogP contribution < -0.4 is 5.73 Å². The Hall–Kier alpha value is -1.51. The number of carbonyl (C=O) groups excluding carboxylic acids is 1. The smallest absolute Gasteiger partial charge is 0.243 e. The molecule has 2 N–H and O–H groups in total. The zero-order valence-corrected chi connectivity index (χ0v) is 13.5. The van der Waals surface area contributed by atoms with Gasteiger partial charge >= 0.3 is 0 Å². The van der Waals surface area contributed by atoms with Crippen molar-refractivity contribution in [1.82, 2.24) is 4.31 Å². The molecule has 0 aliphatic carbocycles. The number of benzene rings is 1. The van der Waals surface area contributed by atoms with Gasteiger partial charge in [-0.05, 0) is 44.0 Å². The molecule has 1 aromatic carbocycles. The number of morpholine rings is 1. The third kappa shape index (κ3) is 2.86. The molecule has 0 radical (unpaired) electrons. The van der Waals surface area contributed by atoms with Gasteiger partial charge in [0, 0.05) is 6.54 Å². The maximum atomic E-state index is 13.7. The van der Waals surface area contributed by atoms with E-state index in [1.54, 1.807) is 6.92 Å². The highest BCUT2D eigenvalue weighted by Gasteiger charge is 2.41. The van der Waals surface area contributed by atoms with Crippen molar-refractivity contribution in [3.63, 3.8) is 0 Å². The Morgan fingerprint density at radius 2 is 1.91 bits per heavy atom. The van der Waals surface area contributed by atoms with E-state index in [2.05, 4.69) is 0 Å². The van der Waals surface area contributed by atoms with Crippen molar-refractivity contribution in [2.45, 2.75) is 37.8 Å². The predicted octanol–water partition coefficient (Wildman–Crippen LogP) is 0.706. The molecule has 6 nitrogen and oxygen atoms in total. The van der Waals surface area contributed by atoms with E-state index in [1.165, 1.54) is 26.0 Å². The number of nitrogens with two attached hydrogens (primary N) is 1. The first-order valence-electron chi connectivity index (χ1n) is 6.85. The van der Waals surface area contributed by atoms with Crippen molar-refractivity contribution in [3.8, 4) is 0 Å². The summed E-state index contributed by atoms with van der Waals surface area (Å²) in [5.41, 5.74) is 5.79. The normalized spacial score (nSPS) is 23.5. The molecular weight excluding hydrogens is 311 g/mol. The first-order chi connectivity index (χ1) is 10.2. The van der Waals surface area contributed by atoms with Crippen LogP contribution in [0.3, 0.4) is 0 Å². The van der Waals surface area contributed by atoms with Gasteiger partial charge in [-0.15, -0.1) is 0 Å². The maximum Gasteiger partial charge on any atom is 0.243 e. The third-order valence-corrected chi connectivity index (χ3v) is 5.61. The van der Waals surface area contributed by atoms with Crippen molar-refractivity contribution >= 4 is 15.9 Å². The molecule has 0 bridgehead atoms. The van der Waals surface area contributed by atoms with Crippen LogP contribution >= 0.6 is 0 Å². The molecule has 1 aliphatic heterocycles. The molecule has 1 amide bonds. The van der Waals surface area contributed by atoms with Crippen molar-refractivity contribution in [1.29, 1.82) is 0 Å². The molecule has 0 saturated carbocycles. The molecule has 22 heavy (non-hydrogen) atoms. The van der Waals surface area contributed by atoms with E-state index in [9.17, 15) is 17.6 Å². The van der Waals surface area contributed by atoms with Crippen LogP contribution in [0.5, 0.6) is 0 Å². The summed E-state index contributed by atoms with van der Waals surface area (Å²) in [6, 6.07) is 1.44. The van der Waals surface area contributed by atoms with Crippen LogP contribution in [-0.2, 0) is 19.6 Å². The Bertz CT molecular complexity index is 682. The first-order valence-corrected chi connectivity index (χ1v) is 8.29. The number of primary amides is 1. The summed E-state index contributed by atoms with van der Waals surface area (Å²) < 4.78 is 45.7. The lowest BCUT2D eigenvalue weighted by atomic mass is 10.1. The number of nitrogens with zero attached hydrogens (tertiary/aromatic N) is 1. The summed E-state index contributed by atoms with van der Waals surface area (Å²) in [5.74, 6) is -1.22. The van der Waals surface area contributed by atoms with Gasteiger partial charge in [0.2, 0.25) is 15.9 Å². The quantitative estimate of drug-likeness (QED) is 0.884. The summed E-state index contributed by atoms with van der Waals surface area (Å²) in [7, 11) is -3.97. The largest absolute Gasteiger partial charge is 0.375 e. The lowest BCUT2D eigenvalue weighted by Crippen LogP contribution is -2.58. The second-order valence-corrected chi connectivity index (χ2v) is 7.30. The molecule has 1 heterocycles. The zero-order valence-electron chi connectivity index (χ0n) is 12.7. The number of carbonyl (C=O) groups is 1. The number of sulfonamides is 1. The lowest BCUT2D eigenvalue weighted by Gasteiger charge is -2.36. The van der Waals surface area contributed by atoms with Gasteiger partial charge in [0.05, 0.1) is 17.6 Å². The Morgan fingerprint density at radius 3 is 2.41 bits per heavy atom. The van der Waals surface area contributed by atoms with E-state index in [0.29, 0.717) is 0 Å². The highest BCUT2D eigenvalue weighted by Crippen LogP contribution is 2.26. The van der Waals surface area contributed by atoms with Crippen LogP contribution in [0.4, 0.5) is 4.39 Å². The number of hydrogen-bond acceptors (Lipinski definition) is 4. The second-order valence-electron chi connectivity index (χ2n) is 5.41. The van der Waals surface area contributed by atoms with Crippen molar-refractivity contribution < 1.29 is 22.3 Å². The number of ether oxygens (including phenoxy) is 1. The summed E-state index contributed by atoms with van der Waals surface area (Å²) in [4.78, 5) is 11.6. The molecule has 0 unspecified atom stereocenters. The number of aryl methyl sites for hydroxylation is 2. The molecule has 0 aromatic heterocycles. The maximum absolute atomic E-state index is 13.7. The lowest BCUT2D eigenvalue weighted by molar-refractivity contribution is -0.130. The summed E-state index contributed by atoms with van der Waals surface area (Å²) in [6.07, 6.45) is -0.635. The van der Waals surface area contributed by atoms with Crippen LogP contribution in [0.1, 0.15) is 18.1 Å². The van der Waals surface area contributed by atoms with Crippen molar-refractivity contribution in [2.75, 3.05) is 13.2 Å². The average Bonchev–Trinajstić information content (AvgIpc) is 2.43. The monoisotopic (exact) mass is 330 g/mol. The fourth-order valence-corrected chi connectivity index (χ4v) is 4.44. The Kier molecular flexibility index (Phi) is 4.55. The molecule has 2 rings (SSSR count). The Morgan fingerprint density at radius 1 is 1.36 bits per heavy atom. The molecule has 1 saturated heterocycles. The average molecular weight is 330 g/mol. The SMILES string of the molecule is Cc1cc(S(=O)(=O)N2CCO[C@H](C)[C@H]2C(N)=O)cc(C)c1F. The minimum atomic E-state index is -3.97. The van der Waals surface area contributed by atoms with Gasteiger partial charge in [0.25, 0.3) is 0 Å². The minimum Gasteiger partial charge on any atom is -0.375 e. The molecule has 2 atom stereocenters. The number of amides is 1. The molecule has 8 heteroatoms. The van der Waals surface area contributed by atoms with Gasteiger partial charge < -0.3 is 10.5 Å². The van der Waals surface area contributed by atoms with Gasteiger partial charge in [-0.25, -0.2) is 12.8 Å². The van der Waals surface area contributed by atoms with Crippen molar-refractivity contribution in [3.05, 3.63) is 29.1 Å². The highest BCUT2D eigenvalue weighted by molar-refractivity contribution is 7.89. The summed E-state index contributed by atoms with van der Waals surface area (Å²) in [6.45, 7) is 4.78. The van der Waals surface area contributed by atoms with Crippen molar-refractivity contribution in [2.24, 2.45) is 5.73 Å². The van der Waals surface area contributed by atoms with Crippen LogP contribution in [0.2, 0.25) is 0 Å². The highest BCUT2D eigenvalue weighted by atomic mass is 32.2.